The SMILES string of the molecule is C=C[C@@H]1CC[C@@H]2[C@]3(CC[C@]4(C)[C@@H]([C@H](C)CC/C=C(\C)C(=O)O)CC[C@@]24C)C[C@]13CCC(=O)OC/C=C(\C)CCC[C@H](C)CCC[C@H](C)CCCC(C)C. The Kier molecular flexibility index (Phi) is 15.6. The molecule has 0 aromatic heterocycles. The Morgan fingerprint density at radius 3 is 2.11 bits per heavy atom. The van der Waals surface area contributed by atoms with Gasteiger partial charge in [-0.1, -0.05) is 111 Å². The zero-order valence-electron chi connectivity index (χ0n) is 36.0. The first-order valence-electron chi connectivity index (χ1n) is 22.4. The summed E-state index contributed by atoms with van der Waals surface area (Å²) in [4.78, 5) is 24.5. The van der Waals surface area contributed by atoms with Crippen LogP contribution < -0.4 is 0 Å². The van der Waals surface area contributed by atoms with E-state index < -0.39 is 5.97 Å². The van der Waals surface area contributed by atoms with Gasteiger partial charge in [-0.05, 0) is 160 Å². The summed E-state index contributed by atoms with van der Waals surface area (Å²) in [6.07, 6.45) is 30.4. The average molecular weight is 735 g/mol. The van der Waals surface area contributed by atoms with Gasteiger partial charge in [0.2, 0.25) is 0 Å². The minimum Gasteiger partial charge on any atom is -0.478 e. The van der Waals surface area contributed by atoms with Gasteiger partial charge >= 0.3 is 11.9 Å². The number of aliphatic carboxylic acids is 1. The van der Waals surface area contributed by atoms with E-state index in [2.05, 4.69) is 74.1 Å². The van der Waals surface area contributed by atoms with Gasteiger partial charge < -0.3 is 9.84 Å². The van der Waals surface area contributed by atoms with Gasteiger partial charge in [-0.25, -0.2) is 4.79 Å². The highest BCUT2D eigenvalue weighted by Crippen LogP contribution is 2.87. The van der Waals surface area contributed by atoms with Crippen molar-refractivity contribution >= 4 is 11.9 Å². The van der Waals surface area contributed by atoms with Crippen molar-refractivity contribution in [1.29, 1.82) is 0 Å². The maximum atomic E-state index is 13.2. The van der Waals surface area contributed by atoms with Crippen molar-refractivity contribution in [2.45, 2.75) is 191 Å². The quantitative estimate of drug-likeness (QED) is 0.0645. The molecule has 0 aliphatic heterocycles. The van der Waals surface area contributed by atoms with Crippen LogP contribution in [0.2, 0.25) is 0 Å². The molecule has 0 unspecified atom stereocenters. The van der Waals surface area contributed by atoms with Gasteiger partial charge in [0.15, 0.2) is 0 Å². The lowest BCUT2D eigenvalue weighted by Crippen LogP contribution is -2.54. The average Bonchev–Trinajstić information content (AvgIpc) is 3.69. The van der Waals surface area contributed by atoms with E-state index in [4.69, 9.17) is 4.74 Å². The smallest absolute Gasteiger partial charge is 0.330 e. The number of ether oxygens (including phenoxy) is 1. The molecule has 0 amide bonds. The second kappa shape index (κ2) is 18.9. The molecule has 1 N–H and O–H groups in total. The Hall–Kier alpha value is -1.84. The number of carbonyl (C=O) groups excluding carboxylic acids is 1. The van der Waals surface area contributed by atoms with Crippen LogP contribution in [0, 0.1) is 63.1 Å². The Bertz CT molecular complexity index is 1290. The summed E-state index contributed by atoms with van der Waals surface area (Å²) in [6.45, 7) is 25.8. The third-order valence-corrected chi connectivity index (χ3v) is 16.6. The molecule has 0 aromatic rings. The predicted octanol–water partition coefficient (Wildman–Crippen LogP) is 13.9. The first-order valence-corrected chi connectivity index (χ1v) is 22.4. The maximum absolute atomic E-state index is 13.2. The van der Waals surface area contributed by atoms with Crippen LogP contribution in [0.25, 0.3) is 0 Å². The van der Waals surface area contributed by atoms with Crippen LogP contribution in [-0.4, -0.2) is 23.7 Å². The molecule has 0 radical (unpaired) electrons. The van der Waals surface area contributed by atoms with Crippen LogP contribution in [0.3, 0.4) is 0 Å². The number of carboxylic acids is 1. The van der Waals surface area contributed by atoms with Gasteiger partial charge in [0.05, 0.1) is 0 Å². The van der Waals surface area contributed by atoms with E-state index in [0.717, 1.165) is 43.4 Å². The van der Waals surface area contributed by atoms with Crippen LogP contribution >= 0.6 is 0 Å². The molecular formula is C49H82O4. The molecule has 4 nitrogen and oxygen atoms in total. The monoisotopic (exact) mass is 735 g/mol. The van der Waals surface area contributed by atoms with Crippen molar-refractivity contribution in [2.24, 2.45) is 63.1 Å². The fourth-order valence-corrected chi connectivity index (χ4v) is 13.0. The van der Waals surface area contributed by atoms with Crippen LogP contribution in [0.5, 0.6) is 0 Å². The molecule has 4 fully saturated rings. The molecular weight excluding hydrogens is 653 g/mol. The summed E-state index contributed by atoms with van der Waals surface area (Å²) in [6, 6.07) is 0. The summed E-state index contributed by atoms with van der Waals surface area (Å²) in [7, 11) is 0. The van der Waals surface area contributed by atoms with E-state index in [9.17, 15) is 14.7 Å². The van der Waals surface area contributed by atoms with Crippen molar-refractivity contribution in [3.05, 3.63) is 36.0 Å². The van der Waals surface area contributed by atoms with E-state index in [-0.39, 0.29) is 11.4 Å². The summed E-state index contributed by atoms with van der Waals surface area (Å²) < 4.78 is 5.84. The lowest BCUT2D eigenvalue weighted by molar-refractivity contribution is -0.144. The zero-order chi connectivity index (χ0) is 39.0. The predicted molar refractivity (Wildman–Crippen MR) is 223 cm³/mol. The lowest BCUT2D eigenvalue weighted by Gasteiger charge is -2.61. The van der Waals surface area contributed by atoms with Crippen LogP contribution in [0.4, 0.5) is 0 Å². The van der Waals surface area contributed by atoms with Gasteiger partial charge in [-0.15, -0.1) is 6.58 Å². The number of hydrogen-bond acceptors (Lipinski definition) is 3. The molecule has 0 bridgehead atoms. The molecule has 4 rings (SSSR count). The van der Waals surface area contributed by atoms with Crippen molar-refractivity contribution in [3.63, 3.8) is 0 Å². The third-order valence-electron chi connectivity index (χ3n) is 16.6. The second-order valence-corrected chi connectivity index (χ2v) is 20.3. The van der Waals surface area contributed by atoms with Gasteiger partial charge in [-0.3, -0.25) is 4.79 Å². The third kappa shape index (κ3) is 9.94. The Balaban J connectivity index is 1.22. The summed E-state index contributed by atoms with van der Waals surface area (Å²) >= 11 is 0. The molecule has 4 saturated carbocycles. The molecule has 302 valence electrons. The minimum absolute atomic E-state index is 0.0312. The van der Waals surface area contributed by atoms with Gasteiger partial charge in [0.25, 0.3) is 0 Å². The van der Waals surface area contributed by atoms with Crippen molar-refractivity contribution < 1.29 is 19.4 Å². The molecule has 4 heteroatoms. The summed E-state index contributed by atoms with van der Waals surface area (Å²) in [5.74, 6) is 4.14. The highest BCUT2D eigenvalue weighted by molar-refractivity contribution is 5.85. The van der Waals surface area contributed by atoms with Crippen molar-refractivity contribution in [1.82, 2.24) is 0 Å². The maximum Gasteiger partial charge on any atom is 0.330 e. The number of fused-ring (bicyclic) bond motifs is 2. The minimum atomic E-state index is -0.803. The Labute approximate surface area is 326 Å². The second-order valence-electron chi connectivity index (χ2n) is 20.3. The Morgan fingerprint density at radius 2 is 1.47 bits per heavy atom. The van der Waals surface area contributed by atoms with E-state index in [1.807, 2.05) is 6.08 Å². The number of esters is 1. The number of rotatable bonds is 23. The Morgan fingerprint density at radius 1 is 0.811 bits per heavy atom. The number of carbonyl (C=O) groups is 2. The van der Waals surface area contributed by atoms with Gasteiger partial charge in [0.1, 0.15) is 6.61 Å². The summed E-state index contributed by atoms with van der Waals surface area (Å²) in [5.41, 5.74) is 3.00. The number of carboxylic acid groups (broad SMARTS) is 1. The van der Waals surface area contributed by atoms with Crippen LogP contribution in [0.15, 0.2) is 36.0 Å². The van der Waals surface area contributed by atoms with E-state index >= 15 is 0 Å². The first-order chi connectivity index (χ1) is 25.0. The van der Waals surface area contributed by atoms with Gasteiger partial charge in [0, 0.05) is 12.0 Å². The fourth-order valence-electron chi connectivity index (χ4n) is 13.0. The molecule has 0 saturated heterocycles. The molecule has 4 aliphatic carbocycles. The molecule has 10 atom stereocenters. The van der Waals surface area contributed by atoms with Crippen molar-refractivity contribution in [2.75, 3.05) is 6.61 Å². The highest BCUT2D eigenvalue weighted by atomic mass is 16.5. The largest absolute Gasteiger partial charge is 0.478 e. The summed E-state index contributed by atoms with van der Waals surface area (Å²) in [5, 5.41) is 9.30. The normalized spacial score (nSPS) is 34.1. The van der Waals surface area contributed by atoms with Crippen LogP contribution in [0.1, 0.15) is 191 Å². The van der Waals surface area contributed by atoms with E-state index in [0.29, 0.717) is 58.5 Å². The molecule has 0 heterocycles. The fraction of sp³-hybridized carbons (Fsp3) is 0.837. The highest BCUT2D eigenvalue weighted by Gasteiger charge is 2.79. The first kappa shape index (κ1) is 43.9. The topological polar surface area (TPSA) is 63.6 Å². The number of allylic oxidation sites excluding steroid dienone is 3. The molecule has 53 heavy (non-hydrogen) atoms. The lowest BCUT2D eigenvalue weighted by atomic mass is 9.44. The zero-order valence-corrected chi connectivity index (χ0v) is 36.0. The number of hydrogen-bond donors (Lipinski definition) is 1. The van der Waals surface area contributed by atoms with E-state index in [1.54, 1.807) is 6.92 Å². The van der Waals surface area contributed by atoms with Crippen molar-refractivity contribution in [3.8, 4) is 0 Å². The molecule has 4 aliphatic rings. The standard InChI is InChI=1S/C49H82O4/c1-11-41-24-25-43-47(10)29-26-42(39(7)22-15-23-40(8)45(51)52)46(47,9)31-32-49(43)34-48(41,49)30-27-44(50)53-33-28-38(6)21-14-20-37(5)19-13-18-36(4)17-12-16-35(2)3/h11,23,28,35-37,39,41-43H,1,12-22,24-27,29-34H2,2-10H3,(H,51,52)/b38-28+,40-23+/t36-,37-,39-,41-,42-,43+,46-,47+,48-,49+/m1/s1. The van der Waals surface area contributed by atoms with E-state index in [1.165, 1.54) is 102 Å². The molecule has 0 aromatic carbocycles. The van der Waals surface area contributed by atoms with Gasteiger partial charge in [-0.2, -0.15) is 0 Å². The van der Waals surface area contributed by atoms with Crippen LogP contribution in [-0.2, 0) is 14.3 Å². The molecule has 1 spiro atoms.